The van der Waals surface area contributed by atoms with Crippen LogP contribution in [-0.4, -0.2) is 121 Å². The molecule has 17 nitrogen and oxygen atoms in total. The molecule has 2 aromatic rings. The molecule has 3 aliphatic heterocycles. The van der Waals surface area contributed by atoms with Crippen LogP contribution in [0.5, 0.6) is 11.5 Å². The minimum absolute atomic E-state index is 0.00393. The number of amides is 3. The summed E-state index contributed by atoms with van der Waals surface area (Å²) in [5.74, 6) is -5.41. The number of aromatic nitrogens is 1. The predicted molar refractivity (Wildman–Crippen MR) is 174 cm³/mol. The Morgan fingerprint density at radius 1 is 1.20 bits per heavy atom. The molecule has 4 heterocycles. The number of nitrogens with one attached hydrogen (secondary N) is 2. The average molecular weight is 718 g/mol. The number of nitrogen functional groups attached to an aromatic ring is 1. The second-order valence-electron chi connectivity index (χ2n) is 12.4. The summed E-state index contributed by atoms with van der Waals surface area (Å²) in [5.41, 5.74) is 3.92. The summed E-state index contributed by atoms with van der Waals surface area (Å²) < 4.78 is 0.476. The monoisotopic (exact) mass is 717 g/mol. The molecule has 3 aliphatic rings. The van der Waals surface area contributed by atoms with E-state index in [0.29, 0.717) is 23.1 Å². The first-order valence-electron chi connectivity index (χ1n) is 15.2. The number of carbonyl (C=O) groups excluding carboxylic acids is 4. The average Bonchev–Trinajstić information content (AvgIpc) is 3.69. The minimum atomic E-state index is -1.79. The van der Waals surface area contributed by atoms with Crippen molar-refractivity contribution < 1.29 is 53.7 Å². The Bertz CT molecular complexity index is 1750. The van der Waals surface area contributed by atoms with Gasteiger partial charge in [-0.25, -0.2) is 9.78 Å². The fraction of sp³-hybridized carbons (Fsp3) is 0.433. The van der Waals surface area contributed by atoms with E-state index in [9.17, 15) is 44.4 Å². The maximum atomic E-state index is 13.4. The molecule has 262 valence electrons. The number of fused-ring (bicyclic) bond motifs is 1. The number of carboxylic acids is 2. The number of hydrogen-bond donors (Lipinski definition) is 6. The van der Waals surface area contributed by atoms with Crippen molar-refractivity contribution in [1.29, 1.82) is 0 Å². The highest BCUT2D eigenvalue weighted by Gasteiger charge is 2.54. The summed E-state index contributed by atoms with van der Waals surface area (Å²) in [7, 11) is 0. The van der Waals surface area contributed by atoms with Crippen molar-refractivity contribution in [2.45, 2.75) is 43.7 Å². The predicted octanol–water partition coefficient (Wildman–Crippen LogP) is -0.835. The Hall–Kier alpha value is -4.88. The molecule has 2 saturated heterocycles. The van der Waals surface area contributed by atoms with Crippen LogP contribution in [0.15, 0.2) is 40.0 Å². The third-order valence-corrected chi connectivity index (χ3v) is 10.6. The van der Waals surface area contributed by atoms with Crippen LogP contribution < -0.4 is 21.5 Å². The lowest BCUT2D eigenvalue weighted by atomic mass is 10.0. The van der Waals surface area contributed by atoms with Crippen molar-refractivity contribution in [3.63, 3.8) is 0 Å². The van der Waals surface area contributed by atoms with Crippen LogP contribution in [0.4, 0.5) is 5.13 Å². The molecule has 0 bridgehead atoms. The normalized spacial score (nSPS) is 20.3. The van der Waals surface area contributed by atoms with E-state index in [0.717, 1.165) is 48.2 Å². The molecule has 1 aromatic heterocycles. The molecule has 0 aliphatic carbocycles. The van der Waals surface area contributed by atoms with Crippen LogP contribution in [0.25, 0.3) is 0 Å². The van der Waals surface area contributed by atoms with E-state index in [1.54, 1.807) is 0 Å². The van der Waals surface area contributed by atoms with Gasteiger partial charge < -0.3 is 50.9 Å². The van der Waals surface area contributed by atoms with Crippen molar-refractivity contribution in [3.8, 4) is 11.5 Å². The summed E-state index contributed by atoms with van der Waals surface area (Å²) in [6, 6.07) is 2.63. The van der Waals surface area contributed by atoms with Gasteiger partial charge in [0.2, 0.25) is 5.60 Å². The first-order valence-corrected chi connectivity index (χ1v) is 17.1. The van der Waals surface area contributed by atoms with Gasteiger partial charge in [-0.15, -0.1) is 23.1 Å². The van der Waals surface area contributed by atoms with Crippen LogP contribution in [0.3, 0.4) is 0 Å². The zero-order chi connectivity index (χ0) is 35.7. The van der Waals surface area contributed by atoms with Crippen molar-refractivity contribution in [1.82, 2.24) is 20.5 Å². The lowest BCUT2D eigenvalue weighted by molar-refractivity contribution is -0.911. The maximum Gasteiger partial charge on any atom is 0.350 e. The molecule has 19 heteroatoms. The smallest absolute Gasteiger partial charge is 0.350 e. The second kappa shape index (κ2) is 13.9. The van der Waals surface area contributed by atoms with Gasteiger partial charge in [-0.1, -0.05) is 5.16 Å². The van der Waals surface area contributed by atoms with Crippen molar-refractivity contribution in [3.05, 3.63) is 46.1 Å². The lowest BCUT2D eigenvalue weighted by Crippen LogP contribution is -2.72. The van der Waals surface area contributed by atoms with E-state index < -0.39 is 58.1 Å². The quantitative estimate of drug-likeness (QED) is 0.0487. The number of aliphatic carboxylic acids is 2. The van der Waals surface area contributed by atoms with Crippen LogP contribution in [-0.2, 0) is 24.0 Å². The molecule has 0 unspecified atom stereocenters. The number of rotatable bonds is 13. The molecule has 0 spiro atoms. The highest BCUT2D eigenvalue weighted by atomic mass is 32.2. The molecule has 2 fully saturated rings. The Morgan fingerprint density at radius 2 is 1.92 bits per heavy atom. The highest BCUT2D eigenvalue weighted by molar-refractivity contribution is 8.00. The number of anilines is 1. The van der Waals surface area contributed by atoms with E-state index in [1.165, 1.54) is 43.1 Å². The molecule has 7 N–H and O–H groups in total. The first-order chi connectivity index (χ1) is 23.1. The molecule has 2 atom stereocenters. The molecule has 0 radical (unpaired) electrons. The molecule has 49 heavy (non-hydrogen) atoms. The van der Waals surface area contributed by atoms with Crippen LogP contribution >= 0.6 is 23.1 Å². The van der Waals surface area contributed by atoms with Gasteiger partial charge in [0.15, 0.2) is 22.3 Å². The number of aromatic hydroxyl groups is 2. The number of likely N-dealkylation sites (tertiary alicyclic amines) is 1. The number of nitrogens with zero attached hydrogens (tertiary/aromatic N) is 4. The van der Waals surface area contributed by atoms with Crippen LogP contribution in [0.2, 0.25) is 0 Å². The van der Waals surface area contributed by atoms with Gasteiger partial charge in [0, 0.05) is 35.1 Å². The Balaban J connectivity index is 1.29. The molecule has 3 amide bonds. The standard InChI is InChI=1S/C30H35N7O10S2/c1-30(2,28(45)46)47-35-20(17-14-49-29(31)33-17)24(41)34-21-25(42)36-22(27(43)44)16(13-48-26(21)36)12-37(8-3-4-9-37)10-7-32-23(40)15-5-6-18(38)19(39)11-15/h5-6,11,14,21,26H,3-4,7-10,12-13H2,1-2H3,(H7-,31,32,33,34,35,38,39,40,41,43,44,45,46)/t21-,26-/m1/s1. The van der Waals surface area contributed by atoms with E-state index in [1.807, 2.05) is 0 Å². The van der Waals surface area contributed by atoms with Gasteiger partial charge >= 0.3 is 5.97 Å². The van der Waals surface area contributed by atoms with Gasteiger partial charge in [-0.2, -0.15) is 0 Å². The Morgan fingerprint density at radius 3 is 2.53 bits per heavy atom. The van der Waals surface area contributed by atoms with Crippen LogP contribution in [0, 0.1) is 0 Å². The number of quaternary nitrogens is 1. The fourth-order valence-corrected chi connectivity index (χ4v) is 7.73. The summed E-state index contributed by atoms with van der Waals surface area (Å²) in [6.07, 6.45) is 1.78. The number of hydrogen-bond acceptors (Lipinski definition) is 14. The van der Waals surface area contributed by atoms with E-state index >= 15 is 0 Å². The van der Waals surface area contributed by atoms with Gasteiger partial charge in [0.05, 0.1) is 37.8 Å². The van der Waals surface area contributed by atoms with E-state index in [2.05, 4.69) is 20.8 Å². The SMILES string of the molecule is CC(C)(O/N=C(\C(=O)N[C@@H]1C(=O)N2C(C(=O)[O-])=C(C[N+]3(CCNC(=O)c4ccc(O)c(O)c4)CCCC3)CS[C@H]12)c1csc(N)n1)C(=O)O. The lowest BCUT2D eigenvalue weighted by Gasteiger charge is -2.51. The van der Waals surface area contributed by atoms with Crippen molar-refractivity contribution >= 4 is 63.6 Å². The van der Waals surface area contributed by atoms with Crippen molar-refractivity contribution in [2.75, 3.05) is 44.2 Å². The topological polar surface area (TPSA) is 257 Å². The second-order valence-corrected chi connectivity index (χ2v) is 14.3. The van der Waals surface area contributed by atoms with Gasteiger partial charge in [-0.3, -0.25) is 19.3 Å². The number of oxime groups is 1. The Kier molecular flexibility index (Phi) is 10.1. The minimum Gasteiger partial charge on any atom is -0.543 e. The summed E-state index contributed by atoms with van der Waals surface area (Å²) in [5, 5.41) is 51.0. The largest absolute Gasteiger partial charge is 0.543 e. The van der Waals surface area contributed by atoms with Crippen molar-refractivity contribution in [2.24, 2.45) is 5.16 Å². The number of β-lactam (4-membered cyclic amide) rings is 1. The fourth-order valence-electron chi connectivity index (χ4n) is 5.85. The number of thiazole rings is 1. The third-order valence-electron chi connectivity index (χ3n) is 8.54. The number of benzene rings is 1. The van der Waals surface area contributed by atoms with Gasteiger partial charge in [0.25, 0.3) is 17.7 Å². The van der Waals surface area contributed by atoms with Gasteiger partial charge in [0.1, 0.15) is 23.7 Å². The van der Waals surface area contributed by atoms with Crippen LogP contribution in [0.1, 0.15) is 42.7 Å². The third kappa shape index (κ3) is 7.42. The summed E-state index contributed by atoms with van der Waals surface area (Å²) in [4.78, 5) is 73.7. The summed E-state index contributed by atoms with van der Waals surface area (Å²) in [6.45, 7) is 4.95. The zero-order valence-corrected chi connectivity index (χ0v) is 28.1. The number of nitrogens with two attached hydrogens (primary N) is 1. The summed E-state index contributed by atoms with van der Waals surface area (Å²) >= 11 is 2.28. The molecular formula is C30H35N7O10S2. The first kappa shape index (κ1) is 35.4. The van der Waals surface area contributed by atoms with E-state index in [4.69, 9.17) is 10.6 Å². The highest BCUT2D eigenvalue weighted by Crippen LogP contribution is 2.41. The molecule has 1 aromatic carbocycles. The Labute approximate surface area is 288 Å². The zero-order valence-electron chi connectivity index (χ0n) is 26.5. The maximum absolute atomic E-state index is 13.4. The van der Waals surface area contributed by atoms with Gasteiger partial charge in [-0.05, 0) is 32.0 Å². The molecule has 0 saturated carbocycles. The number of phenolic OH excluding ortho intramolecular Hbond substituents is 2. The molecular weight excluding hydrogens is 683 g/mol. The number of carbonyl (C=O) groups is 5. The number of phenols is 2. The molecule has 5 rings (SSSR count). The number of thioether (sulfide) groups is 1. The number of carboxylic acid groups (broad SMARTS) is 2. The van der Waals surface area contributed by atoms with E-state index in [-0.39, 0.29) is 40.1 Å².